The summed E-state index contributed by atoms with van der Waals surface area (Å²) < 4.78 is 0. The fourth-order valence-corrected chi connectivity index (χ4v) is 0.269. The molecule has 6 heteroatoms. The molecule has 0 spiro atoms. The van der Waals surface area contributed by atoms with Crippen molar-refractivity contribution < 1.29 is 0 Å². The van der Waals surface area contributed by atoms with Gasteiger partial charge < -0.3 is 5.84 Å². The van der Waals surface area contributed by atoms with E-state index < -0.39 is 0 Å². The highest BCUT2D eigenvalue weighted by atomic mass is 15.7. The van der Waals surface area contributed by atoms with Gasteiger partial charge in [-0.15, -0.1) is 0 Å². The van der Waals surface area contributed by atoms with Gasteiger partial charge in [0.1, 0.15) is 0 Å². The van der Waals surface area contributed by atoms with Gasteiger partial charge >= 0.3 is 0 Å². The predicted molar refractivity (Wildman–Crippen MR) is 38.2 cm³/mol. The van der Waals surface area contributed by atoms with E-state index in [1.54, 1.807) is 0 Å². The maximum atomic E-state index is 4.71. The standard InChI is InChI=1S/C4H14N6/c1-4(2,3)6-8-10-9-7-5/h1-3H3,(H3,5,8,9)(H2,6,7,10). The first kappa shape index (κ1) is 9.12. The predicted octanol–water partition coefficient (Wildman–Crippen LogP) is -0.375. The van der Waals surface area contributed by atoms with Crippen LogP contribution in [0.5, 0.6) is 0 Å². The molecule has 5 N–H and O–H groups in total. The fourth-order valence-electron chi connectivity index (χ4n) is 0.269. The molecule has 0 saturated heterocycles. The minimum atomic E-state index is -0.0167. The summed E-state index contributed by atoms with van der Waals surface area (Å²) in [6.07, 6.45) is 0. The third kappa shape index (κ3) is 7.12. The van der Waals surface area contributed by atoms with Gasteiger partial charge in [0.05, 0.1) is 0 Å². The topological polar surface area (TPSA) is 86.8 Å². The molecule has 0 aliphatic rings. The van der Waals surface area contributed by atoms with E-state index in [9.17, 15) is 0 Å². The zero-order valence-corrected chi connectivity index (χ0v) is 6.47. The van der Waals surface area contributed by atoms with Crippen molar-refractivity contribution in [1.29, 1.82) is 0 Å². The van der Waals surface area contributed by atoms with Crippen LogP contribution in [-0.2, 0) is 0 Å². The van der Waals surface area contributed by atoms with Crippen LogP contribution in [0.25, 0.3) is 0 Å². The quantitative estimate of drug-likeness (QED) is 0.189. The van der Waals surface area contributed by atoms with Gasteiger partial charge in [-0.05, 0) is 26.0 Å². The van der Waals surface area contributed by atoms with Crippen molar-refractivity contribution in [3.8, 4) is 0 Å². The molecule has 0 radical (unpaired) electrons. The molecule has 6 nitrogen and oxygen atoms in total. The van der Waals surface area contributed by atoms with Crippen molar-refractivity contribution >= 4 is 0 Å². The molecule has 0 atom stereocenters. The number of rotatable bonds is 3. The fraction of sp³-hybridized carbons (Fsp3) is 1.00. The van der Waals surface area contributed by atoms with E-state index in [2.05, 4.69) is 26.9 Å². The van der Waals surface area contributed by atoms with Crippen LogP contribution >= 0.6 is 0 Å². The summed E-state index contributed by atoms with van der Waals surface area (Å²) in [5.41, 5.74) is 7.82. The summed E-state index contributed by atoms with van der Waals surface area (Å²) in [4.78, 5) is 0. The van der Waals surface area contributed by atoms with Crippen molar-refractivity contribution in [2.45, 2.75) is 26.3 Å². The van der Waals surface area contributed by atoms with Gasteiger partial charge in [0.15, 0.2) is 0 Å². The number of hydrazine groups is 2. The maximum absolute atomic E-state index is 4.71. The van der Waals surface area contributed by atoms with E-state index in [4.69, 9.17) is 5.84 Å². The second-order valence-electron chi connectivity index (χ2n) is 2.83. The van der Waals surface area contributed by atoms with Crippen molar-refractivity contribution in [2.24, 2.45) is 16.3 Å². The van der Waals surface area contributed by atoms with Gasteiger partial charge in [0.25, 0.3) is 0 Å². The molecule has 0 aromatic rings. The third-order valence-electron chi connectivity index (χ3n) is 0.601. The highest BCUT2D eigenvalue weighted by Crippen LogP contribution is 1.94. The van der Waals surface area contributed by atoms with Crippen molar-refractivity contribution in [3.63, 3.8) is 0 Å². The lowest BCUT2D eigenvalue weighted by atomic mass is 10.1. The molecule has 10 heavy (non-hydrogen) atoms. The van der Waals surface area contributed by atoms with Crippen LogP contribution in [0, 0.1) is 0 Å². The molecule has 0 saturated carbocycles. The zero-order chi connectivity index (χ0) is 8.04. The van der Waals surface area contributed by atoms with Crippen LogP contribution in [-0.4, -0.2) is 5.54 Å². The Balaban J connectivity index is 3.20. The van der Waals surface area contributed by atoms with Crippen molar-refractivity contribution in [3.05, 3.63) is 0 Å². The van der Waals surface area contributed by atoms with Crippen LogP contribution in [0.4, 0.5) is 0 Å². The monoisotopic (exact) mass is 146 g/mol. The summed E-state index contributed by atoms with van der Waals surface area (Å²) in [6.45, 7) is 6.00. The third-order valence-corrected chi connectivity index (χ3v) is 0.601. The maximum Gasteiger partial charge on any atom is 0.0257 e. The van der Waals surface area contributed by atoms with Gasteiger partial charge in [0.2, 0.25) is 0 Å². The van der Waals surface area contributed by atoms with Crippen LogP contribution in [0.15, 0.2) is 10.4 Å². The molecule has 0 amide bonds. The molecule has 0 aliphatic heterocycles. The Hall–Kier alpha value is -0.880. The Labute approximate surface area is 60.2 Å². The zero-order valence-electron chi connectivity index (χ0n) is 6.47. The second kappa shape index (κ2) is 4.02. The number of hydrogen-bond acceptors (Lipinski definition) is 4. The van der Waals surface area contributed by atoms with Gasteiger partial charge in [-0.3, -0.25) is 0 Å². The molecule has 0 rings (SSSR count). The lowest BCUT2D eigenvalue weighted by molar-refractivity contribution is 0.312. The lowest BCUT2D eigenvalue weighted by Gasteiger charge is -2.19. The second-order valence-corrected chi connectivity index (χ2v) is 2.83. The van der Waals surface area contributed by atoms with E-state index in [0.29, 0.717) is 0 Å². The Kier molecular flexibility index (Phi) is 3.67. The van der Waals surface area contributed by atoms with Crippen molar-refractivity contribution in [1.82, 2.24) is 16.5 Å². The Bertz CT molecular complexity index is 103. The van der Waals surface area contributed by atoms with E-state index >= 15 is 0 Å². The summed E-state index contributed by atoms with van der Waals surface area (Å²) in [7, 11) is 0. The minimum Gasteiger partial charge on any atom is -0.303 e. The Morgan fingerprint density at radius 2 is 1.90 bits per heavy atom. The summed E-state index contributed by atoms with van der Waals surface area (Å²) in [6, 6.07) is 0. The minimum absolute atomic E-state index is 0.0167. The summed E-state index contributed by atoms with van der Waals surface area (Å²) in [5, 5.41) is 6.22. The van der Waals surface area contributed by atoms with Gasteiger partial charge in [-0.25, -0.2) is 11.0 Å². The smallest absolute Gasteiger partial charge is 0.0257 e. The summed E-state index contributed by atoms with van der Waals surface area (Å²) >= 11 is 0. The van der Waals surface area contributed by atoms with Crippen LogP contribution in [0.2, 0.25) is 0 Å². The molecular formula is C4H14N6. The number of nitrogens with zero attached hydrogens (tertiary/aromatic N) is 2. The molecular weight excluding hydrogens is 132 g/mol. The highest BCUT2D eigenvalue weighted by Gasteiger charge is 2.06. The van der Waals surface area contributed by atoms with Crippen LogP contribution in [0.3, 0.4) is 0 Å². The van der Waals surface area contributed by atoms with E-state index in [0.717, 1.165) is 0 Å². The van der Waals surface area contributed by atoms with Gasteiger partial charge in [-0.2, -0.15) is 5.53 Å². The number of nitrogens with two attached hydrogens (primary N) is 1. The molecule has 0 aromatic carbocycles. The first-order valence-corrected chi connectivity index (χ1v) is 2.93. The average Bonchev–Trinajstić information content (AvgIpc) is 1.78. The average molecular weight is 146 g/mol. The van der Waals surface area contributed by atoms with E-state index in [-0.39, 0.29) is 5.54 Å². The number of nitrogens with one attached hydrogen (secondary N) is 3. The molecule has 0 aliphatic carbocycles. The molecule has 0 unspecified atom stereocenters. The normalized spacial score (nSPS) is 12.3. The molecule has 0 bridgehead atoms. The van der Waals surface area contributed by atoms with E-state index in [1.807, 2.05) is 20.8 Å². The number of hydrogen-bond donors (Lipinski definition) is 4. The SMILES string of the molecule is CC(C)(C)NNN/N=N/N. The highest BCUT2D eigenvalue weighted by molar-refractivity contribution is 4.65. The lowest BCUT2D eigenvalue weighted by Crippen LogP contribution is -2.50. The first-order valence-electron chi connectivity index (χ1n) is 2.93. The van der Waals surface area contributed by atoms with Gasteiger partial charge in [-0.1, -0.05) is 5.22 Å². The van der Waals surface area contributed by atoms with E-state index in [1.165, 1.54) is 0 Å². The molecule has 0 heterocycles. The Morgan fingerprint density at radius 3 is 2.30 bits per heavy atom. The molecule has 60 valence electrons. The van der Waals surface area contributed by atoms with Crippen LogP contribution in [0.1, 0.15) is 20.8 Å². The Morgan fingerprint density at radius 1 is 1.30 bits per heavy atom. The first-order chi connectivity index (χ1) is 4.56. The summed E-state index contributed by atoms with van der Waals surface area (Å²) in [5.74, 6) is 4.71. The molecule has 0 fully saturated rings. The van der Waals surface area contributed by atoms with Crippen molar-refractivity contribution in [2.75, 3.05) is 0 Å². The largest absolute Gasteiger partial charge is 0.303 e. The van der Waals surface area contributed by atoms with Crippen LogP contribution < -0.4 is 22.3 Å². The van der Waals surface area contributed by atoms with Gasteiger partial charge in [0, 0.05) is 5.54 Å². The molecule has 0 aromatic heterocycles.